The molecule has 4 nitrogen and oxygen atoms in total. The normalized spacial score (nSPS) is 11.3. The molecule has 126 valence electrons. The number of aromatic nitrogens is 2. The van der Waals surface area contributed by atoms with Crippen LogP contribution in [0.4, 0.5) is 0 Å². The molecule has 0 aliphatic rings. The van der Waals surface area contributed by atoms with Crippen molar-refractivity contribution in [2.75, 3.05) is 6.54 Å². The van der Waals surface area contributed by atoms with Crippen LogP contribution in [0.5, 0.6) is 0 Å². The van der Waals surface area contributed by atoms with Crippen LogP contribution in [0.1, 0.15) is 58.2 Å². The van der Waals surface area contributed by atoms with Crippen LogP contribution in [0, 0.1) is 5.92 Å². The maximum atomic E-state index is 11.9. The second-order valence-electron chi connectivity index (χ2n) is 6.65. The van der Waals surface area contributed by atoms with Gasteiger partial charge in [-0.05, 0) is 24.5 Å². The number of para-hydroxylation sites is 2. The number of unbranched alkanes of at least 4 members (excludes halogenated alkanes) is 3. The third-order valence-electron chi connectivity index (χ3n) is 4.06. The average Bonchev–Trinajstić information content (AvgIpc) is 2.94. The Hall–Kier alpha value is -1.84. The van der Waals surface area contributed by atoms with E-state index in [1.165, 1.54) is 25.7 Å². The van der Waals surface area contributed by atoms with Crippen molar-refractivity contribution in [3.8, 4) is 0 Å². The van der Waals surface area contributed by atoms with Gasteiger partial charge in [0.2, 0.25) is 5.91 Å². The largest absolute Gasteiger partial charge is 0.356 e. The summed E-state index contributed by atoms with van der Waals surface area (Å²) in [4.78, 5) is 19.6. The van der Waals surface area contributed by atoms with Crippen molar-refractivity contribution in [3.05, 3.63) is 30.1 Å². The summed E-state index contributed by atoms with van der Waals surface area (Å²) in [5, 5.41) is 3.01. The molecule has 1 aromatic heterocycles. The fraction of sp³-hybridized carbons (Fsp3) is 0.579. The van der Waals surface area contributed by atoms with Crippen molar-refractivity contribution < 1.29 is 4.79 Å². The molecule has 1 amide bonds. The van der Waals surface area contributed by atoms with Gasteiger partial charge in [0.15, 0.2) is 0 Å². The molecule has 1 heterocycles. The summed E-state index contributed by atoms with van der Waals surface area (Å²) in [5.41, 5.74) is 1.99. The van der Waals surface area contributed by atoms with Crippen molar-refractivity contribution in [2.45, 2.75) is 58.8 Å². The number of amides is 1. The lowest BCUT2D eigenvalue weighted by Crippen LogP contribution is -2.24. The van der Waals surface area contributed by atoms with Crippen LogP contribution in [0.15, 0.2) is 24.3 Å². The van der Waals surface area contributed by atoms with Crippen molar-refractivity contribution in [3.63, 3.8) is 0 Å². The zero-order chi connectivity index (χ0) is 16.5. The Morgan fingerprint density at radius 3 is 2.74 bits per heavy atom. The molecule has 0 fully saturated rings. The fourth-order valence-corrected chi connectivity index (χ4v) is 2.70. The quantitative estimate of drug-likeness (QED) is 0.645. The molecule has 2 aromatic rings. The molecule has 1 aromatic carbocycles. The minimum Gasteiger partial charge on any atom is -0.356 e. The zero-order valence-electron chi connectivity index (χ0n) is 14.4. The lowest BCUT2D eigenvalue weighted by molar-refractivity contribution is -0.121. The summed E-state index contributed by atoms with van der Waals surface area (Å²) in [7, 11) is 0. The van der Waals surface area contributed by atoms with Gasteiger partial charge in [0.25, 0.3) is 0 Å². The zero-order valence-corrected chi connectivity index (χ0v) is 14.4. The van der Waals surface area contributed by atoms with Crippen molar-refractivity contribution in [1.29, 1.82) is 0 Å². The molecule has 0 saturated carbocycles. The Labute approximate surface area is 139 Å². The summed E-state index contributed by atoms with van der Waals surface area (Å²) < 4.78 is 0. The molecule has 0 aliphatic heterocycles. The third-order valence-corrected chi connectivity index (χ3v) is 4.06. The molecular formula is C19H29N3O. The second kappa shape index (κ2) is 9.33. The monoisotopic (exact) mass is 315 g/mol. The van der Waals surface area contributed by atoms with Crippen LogP contribution in [0.25, 0.3) is 11.0 Å². The number of aryl methyl sites for hydroxylation is 1. The molecule has 0 spiro atoms. The number of aromatic amines is 1. The van der Waals surface area contributed by atoms with E-state index in [1.54, 1.807) is 0 Å². The first kappa shape index (κ1) is 17.5. The Morgan fingerprint density at radius 1 is 1.17 bits per heavy atom. The van der Waals surface area contributed by atoms with Gasteiger partial charge in [0, 0.05) is 19.4 Å². The van der Waals surface area contributed by atoms with E-state index in [1.807, 2.05) is 24.3 Å². The van der Waals surface area contributed by atoms with Gasteiger partial charge in [-0.1, -0.05) is 51.7 Å². The first-order valence-corrected chi connectivity index (χ1v) is 8.85. The van der Waals surface area contributed by atoms with Crippen LogP contribution in [0.3, 0.4) is 0 Å². The molecule has 0 bridgehead atoms. The Balaban J connectivity index is 1.56. The summed E-state index contributed by atoms with van der Waals surface area (Å²) in [6.07, 6.45) is 7.32. The van der Waals surface area contributed by atoms with E-state index < -0.39 is 0 Å². The molecule has 23 heavy (non-hydrogen) atoms. The van der Waals surface area contributed by atoms with Gasteiger partial charge < -0.3 is 10.3 Å². The van der Waals surface area contributed by atoms with E-state index in [4.69, 9.17) is 0 Å². The van der Waals surface area contributed by atoms with E-state index in [2.05, 4.69) is 29.1 Å². The van der Waals surface area contributed by atoms with Crippen molar-refractivity contribution >= 4 is 16.9 Å². The van der Waals surface area contributed by atoms with Gasteiger partial charge in [-0.25, -0.2) is 4.98 Å². The highest BCUT2D eigenvalue weighted by atomic mass is 16.1. The number of H-pyrrole nitrogens is 1. The van der Waals surface area contributed by atoms with E-state index in [-0.39, 0.29) is 5.91 Å². The minimum absolute atomic E-state index is 0.118. The fourth-order valence-electron chi connectivity index (χ4n) is 2.70. The number of fused-ring (bicyclic) bond motifs is 1. The highest BCUT2D eigenvalue weighted by Crippen LogP contribution is 2.11. The lowest BCUT2D eigenvalue weighted by Gasteiger charge is -2.06. The summed E-state index contributed by atoms with van der Waals surface area (Å²) in [6, 6.07) is 7.94. The molecule has 0 atom stereocenters. The van der Waals surface area contributed by atoms with E-state index in [0.717, 1.165) is 35.7 Å². The van der Waals surface area contributed by atoms with E-state index in [0.29, 0.717) is 12.8 Å². The first-order valence-electron chi connectivity index (χ1n) is 8.85. The summed E-state index contributed by atoms with van der Waals surface area (Å²) >= 11 is 0. The number of carbonyl (C=O) groups excluding carboxylic acids is 1. The van der Waals surface area contributed by atoms with Gasteiger partial charge in [0.05, 0.1) is 11.0 Å². The van der Waals surface area contributed by atoms with Crippen LogP contribution in [-0.2, 0) is 11.2 Å². The topological polar surface area (TPSA) is 57.8 Å². The number of nitrogens with one attached hydrogen (secondary N) is 2. The van der Waals surface area contributed by atoms with Crippen LogP contribution in [0.2, 0.25) is 0 Å². The number of carbonyl (C=O) groups is 1. The average molecular weight is 315 g/mol. The van der Waals surface area contributed by atoms with Crippen LogP contribution in [-0.4, -0.2) is 22.4 Å². The Bertz CT molecular complexity index is 570. The smallest absolute Gasteiger partial charge is 0.220 e. The molecule has 0 radical (unpaired) electrons. The molecular weight excluding hydrogens is 286 g/mol. The molecule has 0 saturated heterocycles. The molecule has 2 rings (SSSR count). The molecule has 0 unspecified atom stereocenters. The number of hydrogen-bond donors (Lipinski definition) is 2. The molecule has 4 heteroatoms. The molecule has 2 N–H and O–H groups in total. The minimum atomic E-state index is 0.118. The predicted octanol–water partition coefficient (Wildman–Crippen LogP) is 4.22. The maximum absolute atomic E-state index is 11.9. The van der Waals surface area contributed by atoms with Gasteiger partial charge in [0.1, 0.15) is 5.82 Å². The standard InChI is InChI=1S/C19H29N3O/c1-15(2)9-5-3-4-8-14-20-19(23)13-12-18-21-16-10-6-7-11-17(16)22-18/h6-7,10-11,15H,3-5,8-9,12-14H2,1-2H3,(H,20,23)(H,21,22). The highest BCUT2D eigenvalue weighted by molar-refractivity contribution is 5.77. The number of rotatable bonds is 10. The number of hydrogen-bond acceptors (Lipinski definition) is 2. The predicted molar refractivity (Wildman–Crippen MR) is 95.3 cm³/mol. The first-order chi connectivity index (χ1) is 11.1. The highest BCUT2D eigenvalue weighted by Gasteiger charge is 2.05. The SMILES string of the molecule is CC(C)CCCCCCNC(=O)CCc1nc2ccccc2[nH]1. The van der Waals surface area contributed by atoms with Crippen molar-refractivity contribution in [2.24, 2.45) is 5.92 Å². The number of benzene rings is 1. The van der Waals surface area contributed by atoms with Gasteiger partial charge >= 0.3 is 0 Å². The van der Waals surface area contributed by atoms with Crippen LogP contribution < -0.4 is 5.32 Å². The number of nitrogens with zero attached hydrogens (tertiary/aromatic N) is 1. The van der Waals surface area contributed by atoms with Crippen molar-refractivity contribution in [1.82, 2.24) is 15.3 Å². The van der Waals surface area contributed by atoms with Crippen LogP contribution >= 0.6 is 0 Å². The maximum Gasteiger partial charge on any atom is 0.220 e. The summed E-state index contributed by atoms with van der Waals surface area (Å²) in [5.74, 6) is 1.80. The lowest BCUT2D eigenvalue weighted by atomic mass is 10.0. The number of imidazole rings is 1. The van der Waals surface area contributed by atoms with E-state index in [9.17, 15) is 4.79 Å². The Kier molecular flexibility index (Phi) is 7.11. The molecule has 0 aliphatic carbocycles. The summed E-state index contributed by atoms with van der Waals surface area (Å²) in [6.45, 7) is 5.32. The van der Waals surface area contributed by atoms with Gasteiger partial charge in [-0.2, -0.15) is 0 Å². The Morgan fingerprint density at radius 2 is 1.96 bits per heavy atom. The van der Waals surface area contributed by atoms with Gasteiger partial charge in [-0.3, -0.25) is 4.79 Å². The van der Waals surface area contributed by atoms with Gasteiger partial charge in [-0.15, -0.1) is 0 Å². The third kappa shape index (κ3) is 6.43. The second-order valence-corrected chi connectivity index (χ2v) is 6.65. The van der Waals surface area contributed by atoms with E-state index >= 15 is 0 Å².